The van der Waals surface area contributed by atoms with Crippen LogP contribution in [0.15, 0.2) is 10.7 Å². The number of hydrogen-bond acceptors (Lipinski definition) is 4. The molecule has 0 amide bonds. The predicted octanol–water partition coefficient (Wildman–Crippen LogP) is 2.16. The summed E-state index contributed by atoms with van der Waals surface area (Å²) in [7, 11) is 0. The maximum atomic E-state index is 8.66. The highest BCUT2D eigenvalue weighted by atomic mass is 79.9. The normalized spacial score (nSPS) is 10.7. The predicted molar refractivity (Wildman–Crippen MR) is 64.0 cm³/mol. The van der Waals surface area contributed by atoms with Gasteiger partial charge in [-0.05, 0) is 22.4 Å². The summed E-state index contributed by atoms with van der Waals surface area (Å²) in [6.07, 6.45) is 0.721. The Labute approximate surface area is 98.3 Å². The molecule has 0 aromatic carbocycles. The van der Waals surface area contributed by atoms with E-state index in [2.05, 4.69) is 45.1 Å². The van der Waals surface area contributed by atoms with Crippen LogP contribution in [0.3, 0.4) is 0 Å². The van der Waals surface area contributed by atoms with Crippen molar-refractivity contribution in [3.8, 4) is 0 Å². The molecule has 0 aliphatic rings. The molecule has 15 heavy (non-hydrogen) atoms. The summed E-state index contributed by atoms with van der Waals surface area (Å²) in [5.41, 5.74) is 0. The molecule has 0 fully saturated rings. The molecule has 5 heteroatoms. The molecule has 84 valence electrons. The van der Waals surface area contributed by atoms with Gasteiger partial charge in [0.05, 0.1) is 0 Å². The monoisotopic (exact) mass is 273 g/mol. The van der Waals surface area contributed by atoms with Crippen molar-refractivity contribution < 1.29 is 5.11 Å². The molecule has 0 saturated heterocycles. The van der Waals surface area contributed by atoms with E-state index in [0.717, 1.165) is 29.2 Å². The Morgan fingerprint density at radius 1 is 1.47 bits per heavy atom. The van der Waals surface area contributed by atoms with Gasteiger partial charge in [-0.15, -0.1) is 0 Å². The van der Waals surface area contributed by atoms with Gasteiger partial charge in [0, 0.05) is 25.1 Å². The van der Waals surface area contributed by atoms with Crippen LogP contribution in [0.25, 0.3) is 0 Å². The summed E-state index contributed by atoms with van der Waals surface area (Å²) in [6, 6.07) is 1.84. The van der Waals surface area contributed by atoms with Gasteiger partial charge in [-0.1, -0.05) is 13.8 Å². The van der Waals surface area contributed by atoms with Gasteiger partial charge in [-0.3, -0.25) is 0 Å². The number of nitrogens with zero attached hydrogens (tertiary/aromatic N) is 2. The van der Waals surface area contributed by atoms with E-state index in [1.165, 1.54) is 0 Å². The molecular formula is C10H16BrN3O. The van der Waals surface area contributed by atoms with E-state index in [-0.39, 0.29) is 6.61 Å². The van der Waals surface area contributed by atoms with Crippen molar-refractivity contribution in [3.05, 3.63) is 16.5 Å². The number of halogens is 1. The second kappa shape index (κ2) is 6.02. The highest BCUT2D eigenvalue weighted by Crippen LogP contribution is 2.17. The first kappa shape index (κ1) is 12.4. The zero-order valence-corrected chi connectivity index (χ0v) is 10.6. The molecule has 4 nitrogen and oxygen atoms in total. The number of aromatic nitrogens is 2. The van der Waals surface area contributed by atoms with E-state index in [1.54, 1.807) is 0 Å². The number of anilines is 1. The summed E-state index contributed by atoms with van der Waals surface area (Å²) < 4.78 is 0.785. The topological polar surface area (TPSA) is 58.0 Å². The largest absolute Gasteiger partial charge is 0.396 e. The second-order valence-corrected chi connectivity index (χ2v) is 4.41. The molecule has 0 unspecified atom stereocenters. The fraction of sp³-hybridized carbons (Fsp3) is 0.600. The summed E-state index contributed by atoms with van der Waals surface area (Å²) in [5.74, 6) is 1.92. The lowest BCUT2D eigenvalue weighted by atomic mass is 10.2. The average Bonchev–Trinajstić information content (AvgIpc) is 2.17. The molecule has 0 bridgehead atoms. The van der Waals surface area contributed by atoms with Gasteiger partial charge < -0.3 is 10.4 Å². The maximum Gasteiger partial charge on any atom is 0.134 e. The molecule has 1 heterocycles. The molecular weight excluding hydrogens is 258 g/mol. The average molecular weight is 274 g/mol. The van der Waals surface area contributed by atoms with Crippen molar-refractivity contribution in [2.45, 2.75) is 26.2 Å². The Kier molecular flexibility index (Phi) is 4.98. The Balaban J connectivity index is 2.71. The summed E-state index contributed by atoms with van der Waals surface area (Å²) >= 11 is 3.35. The number of rotatable bonds is 5. The summed E-state index contributed by atoms with van der Waals surface area (Å²) in [4.78, 5) is 8.65. The first-order chi connectivity index (χ1) is 7.13. The first-order valence-corrected chi connectivity index (χ1v) is 5.82. The number of hydrogen-bond donors (Lipinski definition) is 2. The molecule has 1 aromatic rings. The minimum atomic E-state index is 0.191. The number of aliphatic hydroxyl groups excluding tert-OH is 1. The molecule has 0 saturated carbocycles. The van der Waals surface area contributed by atoms with Crippen molar-refractivity contribution in [2.75, 3.05) is 18.5 Å². The van der Waals surface area contributed by atoms with Gasteiger partial charge in [0.2, 0.25) is 0 Å². The van der Waals surface area contributed by atoms with Gasteiger partial charge in [0.15, 0.2) is 0 Å². The number of nitrogens with one attached hydrogen (secondary N) is 1. The second-order valence-electron chi connectivity index (χ2n) is 3.59. The van der Waals surface area contributed by atoms with Gasteiger partial charge in [-0.25, -0.2) is 9.97 Å². The minimum absolute atomic E-state index is 0.191. The van der Waals surface area contributed by atoms with E-state index >= 15 is 0 Å². The first-order valence-electron chi connectivity index (χ1n) is 5.02. The van der Waals surface area contributed by atoms with Crippen LogP contribution >= 0.6 is 15.9 Å². The molecule has 0 aliphatic carbocycles. The standard InChI is InChI=1S/C10H16BrN3O/c1-7(2)10-13-8(11)6-9(14-10)12-4-3-5-15/h6-7,15H,3-5H2,1-2H3,(H,12,13,14). The van der Waals surface area contributed by atoms with Crippen molar-refractivity contribution >= 4 is 21.7 Å². The Hall–Kier alpha value is -0.680. The van der Waals surface area contributed by atoms with Gasteiger partial charge in [0.25, 0.3) is 0 Å². The quantitative estimate of drug-likeness (QED) is 0.638. The highest BCUT2D eigenvalue weighted by molar-refractivity contribution is 9.10. The van der Waals surface area contributed by atoms with Crippen molar-refractivity contribution in [1.29, 1.82) is 0 Å². The highest BCUT2D eigenvalue weighted by Gasteiger charge is 2.06. The van der Waals surface area contributed by atoms with Gasteiger partial charge in [0.1, 0.15) is 16.2 Å². The molecule has 0 aliphatic heterocycles. The fourth-order valence-electron chi connectivity index (χ4n) is 1.08. The third kappa shape index (κ3) is 4.13. The molecule has 0 atom stereocenters. The van der Waals surface area contributed by atoms with Crippen LogP contribution < -0.4 is 5.32 Å². The van der Waals surface area contributed by atoms with Crippen LogP contribution in [0.2, 0.25) is 0 Å². The van der Waals surface area contributed by atoms with Crippen molar-refractivity contribution in [3.63, 3.8) is 0 Å². The third-order valence-corrected chi connectivity index (χ3v) is 2.28. The summed E-state index contributed by atoms with van der Waals surface area (Å²) in [6.45, 7) is 5.02. The van der Waals surface area contributed by atoms with E-state index < -0.39 is 0 Å². The van der Waals surface area contributed by atoms with E-state index in [1.807, 2.05) is 6.07 Å². The lowest BCUT2D eigenvalue weighted by molar-refractivity contribution is 0.292. The van der Waals surface area contributed by atoms with E-state index in [4.69, 9.17) is 5.11 Å². The smallest absolute Gasteiger partial charge is 0.134 e. The van der Waals surface area contributed by atoms with Gasteiger partial charge >= 0.3 is 0 Å². The molecule has 2 N–H and O–H groups in total. The van der Waals surface area contributed by atoms with Crippen molar-refractivity contribution in [1.82, 2.24) is 9.97 Å². The maximum absolute atomic E-state index is 8.66. The van der Waals surface area contributed by atoms with Crippen LogP contribution in [0.1, 0.15) is 32.0 Å². The lowest BCUT2D eigenvalue weighted by Gasteiger charge is -2.08. The molecule has 0 spiro atoms. The van der Waals surface area contributed by atoms with Crippen LogP contribution in [-0.2, 0) is 0 Å². The van der Waals surface area contributed by atoms with E-state index in [9.17, 15) is 0 Å². The van der Waals surface area contributed by atoms with Gasteiger partial charge in [-0.2, -0.15) is 0 Å². The Bertz CT molecular complexity index is 318. The van der Waals surface area contributed by atoms with Crippen LogP contribution in [0, 0.1) is 0 Å². The zero-order chi connectivity index (χ0) is 11.3. The Morgan fingerprint density at radius 3 is 2.80 bits per heavy atom. The van der Waals surface area contributed by atoms with Crippen LogP contribution in [-0.4, -0.2) is 28.2 Å². The minimum Gasteiger partial charge on any atom is -0.396 e. The SMILES string of the molecule is CC(C)c1nc(Br)cc(NCCCO)n1. The zero-order valence-electron chi connectivity index (χ0n) is 9.00. The molecule has 1 aromatic heterocycles. The fourth-order valence-corrected chi connectivity index (χ4v) is 1.48. The van der Waals surface area contributed by atoms with Crippen molar-refractivity contribution in [2.24, 2.45) is 0 Å². The Morgan fingerprint density at radius 2 is 2.20 bits per heavy atom. The van der Waals surface area contributed by atoms with E-state index in [0.29, 0.717) is 5.92 Å². The molecule has 1 rings (SSSR count). The number of aliphatic hydroxyl groups is 1. The lowest BCUT2D eigenvalue weighted by Crippen LogP contribution is -2.08. The molecule has 0 radical (unpaired) electrons. The summed E-state index contributed by atoms with van der Waals surface area (Å²) in [5, 5.41) is 11.8. The van der Waals surface area contributed by atoms with Crippen LogP contribution in [0.5, 0.6) is 0 Å². The third-order valence-electron chi connectivity index (χ3n) is 1.87. The van der Waals surface area contributed by atoms with Crippen LogP contribution in [0.4, 0.5) is 5.82 Å².